The highest BCUT2D eigenvalue weighted by atomic mass is 32.1. The van der Waals surface area contributed by atoms with Crippen LogP contribution in [0, 0.1) is 4.77 Å². The summed E-state index contributed by atoms with van der Waals surface area (Å²) in [6, 6.07) is 10.1. The Morgan fingerprint density at radius 1 is 1.09 bits per heavy atom. The van der Waals surface area contributed by atoms with Gasteiger partial charge in [0.2, 0.25) is 0 Å². The molecule has 4 rings (SSSR count). The van der Waals surface area contributed by atoms with Gasteiger partial charge in [0.05, 0.1) is 16.5 Å². The van der Waals surface area contributed by atoms with E-state index in [0.717, 1.165) is 17.7 Å². The number of aromatic amines is 1. The van der Waals surface area contributed by atoms with Crippen molar-refractivity contribution in [2.24, 2.45) is 0 Å². The predicted molar refractivity (Wildman–Crippen MR) is 126 cm³/mol. The van der Waals surface area contributed by atoms with E-state index in [0.29, 0.717) is 55.7 Å². The molecular weight excluding hydrogens is 465 g/mol. The smallest absolute Gasteiger partial charge is 0.336 e. The number of carbonyl (C=O) groups is 1. The van der Waals surface area contributed by atoms with Gasteiger partial charge < -0.3 is 9.88 Å². The minimum absolute atomic E-state index is 0.148. The number of rotatable bonds is 5. The third-order valence-corrected chi connectivity index (χ3v) is 6.21. The van der Waals surface area contributed by atoms with Gasteiger partial charge in [-0.2, -0.15) is 13.2 Å². The molecule has 1 fully saturated rings. The number of alkyl halides is 3. The van der Waals surface area contributed by atoms with Gasteiger partial charge in [0.15, 0.2) is 4.77 Å². The molecule has 0 unspecified atom stereocenters. The first kappa shape index (κ1) is 23.9. The molecule has 0 aliphatic carbocycles. The summed E-state index contributed by atoms with van der Waals surface area (Å²) >= 11 is 5.26. The summed E-state index contributed by atoms with van der Waals surface area (Å²) in [6.45, 7) is 6.65. The van der Waals surface area contributed by atoms with Crippen LogP contribution in [-0.2, 0) is 19.3 Å². The maximum atomic E-state index is 13.0. The minimum atomic E-state index is -4.35. The average molecular weight is 489 g/mol. The molecule has 6 nitrogen and oxygen atoms in total. The molecule has 0 saturated carbocycles. The van der Waals surface area contributed by atoms with Crippen molar-refractivity contribution in [3.05, 3.63) is 86.9 Å². The second-order valence-electron chi connectivity index (χ2n) is 8.16. The number of amides is 1. The van der Waals surface area contributed by atoms with Gasteiger partial charge in [-0.15, -0.1) is 6.58 Å². The maximum absolute atomic E-state index is 13.0. The fourth-order valence-corrected chi connectivity index (χ4v) is 4.30. The van der Waals surface area contributed by atoms with E-state index in [-0.39, 0.29) is 16.2 Å². The minimum Gasteiger partial charge on any atom is -0.336 e. The van der Waals surface area contributed by atoms with Crippen LogP contribution in [0.2, 0.25) is 0 Å². The van der Waals surface area contributed by atoms with Crippen molar-refractivity contribution in [2.75, 3.05) is 26.2 Å². The Kier molecular flexibility index (Phi) is 6.72. The number of fused-ring (bicyclic) bond motifs is 1. The third-order valence-electron chi connectivity index (χ3n) is 5.89. The lowest BCUT2D eigenvalue weighted by Crippen LogP contribution is -2.48. The molecule has 34 heavy (non-hydrogen) atoms. The number of carbonyl (C=O) groups excluding carboxylic acids is 1. The van der Waals surface area contributed by atoms with Gasteiger partial charge in [-0.3, -0.25) is 19.1 Å². The van der Waals surface area contributed by atoms with Crippen LogP contribution in [0.1, 0.15) is 21.5 Å². The fraction of sp³-hybridized carbons (Fsp3) is 0.292. The Morgan fingerprint density at radius 3 is 2.38 bits per heavy atom. The Morgan fingerprint density at radius 2 is 1.76 bits per heavy atom. The molecule has 1 aliphatic rings. The zero-order valence-electron chi connectivity index (χ0n) is 18.3. The molecule has 10 heteroatoms. The molecule has 178 valence electrons. The lowest BCUT2D eigenvalue weighted by Gasteiger charge is -2.34. The van der Waals surface area contributed by atoms with E-state index in [9.17, 15) is 22.8 Å². The molecular formula is C24H23F3N4O2S. The maximum Gasteiger partial charge on any atom is 0.416 e. The lowest BCUT2D eigenvalue weighted by molar-refractivity contribution is -0.137. The normalized spacial score (nSPS) is 15.0. The van der Waals surface area contributed by atoms with E-state index in [1.807, 2.05) is 0 Å². The molecule has 0 atom stereocenters. The number of allylic oxidation sites excluding steroid dienone is 1. The average Bonchev–Trinajstić information content (AvgIpc) is 2.81. The first-order valence-corrected chi connectivity index (χ1v) is 11.1. The summed E-state index contributed by atoms with van der Waals surface area (Å²) < 4.78 is 39.9. The molecule has 0 radical (unpaired) electrons. The van der Waals surface area contributed by atoms with Crippen LogP contribution in [0.5, 0.6) is 0 Å². The Labute approximate surface area is 198 Å². The molecule has 3 aromatic rings. The molecule has 0 bridgehead atoms. The standard InChI is InChI=1S/C24H23F3N4O2S/c1-2-9-31-22(33)19-8-5-17(14-20(19)28-23(31)34)21(32)30-12-10-29(11-13-30)15-16-3-6-18(7-4-16)24(25,26)27/h2-8,14H,1,9-13,15H2,(H,28,34). The van der Waals surface area contributed by atoms with E-state index in [4.69, 9.17) is 12.2 Å². The van der Waals surface area contributed by atoms with Gasteiger partial charge in [0.25, 0.3) is 11.5 Å². The van der Waals surface area contributed by atoms with Crippen LogP contribution in [0.4, 0.5) is 13.2 Å². The molecule has 1 amide bonds. The molecule has 0 spiro atoms. The van der Waals surface area contributed by atoms with Crippen molar-refractivity contribution in [3.8, 4) is 0 Å². The van der Waals surface area contributed by atoms with Crippen LogP contribution in [0.15, 0.2) is 59.9 Å². The molecule has 2 aromatic carbocycles. The number of hydrogen-bond donors (Lipinski definition) is 1. The predicted octanol–water partition coefficient (Wildman–Crippen LogP) is 4.22. The lowest BCUT2D eigenvalue weighted by atomic mass is 10.1. The van der Waals surface area contributed by atoms with E-state index in [1.54, 1.807) is 29.2 Å². The number of benzene rings is 2. The van der Waals surface area contributed by atoms with E-state index in [1.165, 1.54) is 16.7 Å². The summed E-state index contributed by atoms with van der Waals surface area (Å²) in [5.74, 6) is -0.148. The fourth-order valence-electron chi connectivity index (χ4n) is 4.03. The number of H-pyrrole nitrogens is 1. The van der Waals surface area contributed by atoms with Gasteiger partial charge in [-0.1, -0.05) is 18.2 Å². The van der Waals surface area contributed by atoms with Gasteiger partial charge >= 0.3 is 6.18 Å². The number of hydrogen-bond acceptors (Lipinski definition) is 4. The van der Waals surface area contributed by atoms with Crippen LogP contribution >= 0.6 is 12.2 Å². The largest absolute Gasteiger partial charge is 0.416 e. The van der Waals surface area contributed by atoms with E-state index < -0.39 is 11.7 Å². The topological polar surface area (TPSA) is 61.3 Å². The van der Waals surface area contributed by atoms with Crippen molar-refractivity contribution in [2.45, 2.75) is 19.3 Å². The highest BCUT2D eigenvalue weighted by molar-refractivity contribution is 7.71. The summed E-state index contributed by atoms with van der Waals surface area (Å²) in [4.78, 5) is 32.5. The Balaban J connectivity index is 1.42. The number of nitrogens with one attached hydrogen (secondary N) is 1. The number of nitrogens with zero attached hydrogens (tertiary/aromatic N) is 3. The summed E-state index contributed by atoms with van der Waals surface area (Å²) in [6.07, 6.45) is -2.76. The Hall–Kier alpha value is -3.24. The highest BCUT2D eigenvalue weighted by Gasteiger charge is 2.30. The van der Waals surface area contributed by atoms with E-state index in [2.05, 4.69) is 16.5 Å². The zero-order valence-corrected chi connectivity index (χ0v) is 19.1. The van der Waals surface area contributed by atoms with Gasteiger partial charge in [0.1, 0.15) is 0 Å². The molecule has 1 N–H and O–H groups in total. The van der Waals surface area contributed by atoms with Crippen LogP contribution in [0.25, 0.3) is 10.9 Å². The van der Waals surface area contributed by atoms with Crippen molar-refractivity contribution >= 4 is 29.0 Å². The number of aromatic nitrogens is 2. The molecule has 1 aromatic heterocycles. The number of piperazine rings is 1. The second-order valence-corrected chi connectivity index (χ2v) is 8.54. The van der Waals surface area contributed by atoms with Gasteiger partial charge in [-0.25, -0.2) is 0 Å². The summed E-state index contributed by atoms with van der Waals surface area (Å²) in [7, 11) is 0. The van der Waals surface area contributed by atoms with Crippen molar-refractivity contribution < 1.29 is 18.0 Å². The van der Waals surface area contributed by atoms with Crippen molar-refractivity contribution in [3.63, 3.8) is 0 Å². The third kappa shape index (κ3) is 4.97. The summed E-state index contributed by atoms with van der Waals surface area (Å²) in [5.41, 5.74) is 0.841. The first-order chi connectivity index (χ1) is 16.2. The first-order valence-electron chi connectivity index (χ1n) is 10.7. The molecule has 1 saturated heterocycles. The summed E-state index contributed by atoms with van der Waals surface area (Å²) in [5, 5.41) is 0.438. The van der Waals surface area contributed by atoms with Crippen LogP contribution in [-0.4, -0.2) is 51.4 Å². The van der Waals surface area contributed by atoms with Crippen LogP contribution < -0.4 is 5.56 Å². The molecule has 1 aliphatic heterocycles. The highest BCUT2D eigenvalue weighted by Crippen LogP contribution is 2.29. The zero-order chi connectivity index (χ0) is 24.5. The molecule has 2 heterocycles. The van der Waals surface area contributed by atoms with Crippen LogP contribution in [0.3, 0.4) is 0 Å². The Bertz CT molecular complexity index is 1340. The van der Waals surface area contributed by atoms with Crippen molar-refractivity contribution in [1.29, 1.82) is 0 Å². The monoisotopic (exact) mass is 488 g/mol. The number of halogens is 3. The van der Waals surface area contributed by atoms with Gasteiger partial charge in [-0.05, 0) is 48.1 Å². The quantitative estimate of drug-likeness (QED) is 0.432. The van der Waals surface area contributed by atoms with Gasteiger partial charge in [0, 0.05) is 44.8 Å². The van der Waals surface area contributed by atoms with Crippen molar-refractivity contribution in [1.82, 2.24) is 19.4 Å². The second kappa shape index (κ2) is 9.55. The SMILES string of the molecule is C=CCn1c(=S)[nH]c2cc(C(=O)N3CCN(Cc4ccc(C(F)(F)F)cc4)CC3)ccc2c1=O. The van der Waals surface area contributed by atoms with E-state index >= 15 is 0 Å².